The number of phosphoric ester groups is 1. The lowest BCUT2D eigenvalue weighted by molar-refractivity contribution is -0.154. The van der Waals surface area contributed by atoms with Crippen LogP contribution in [0.1, 0.15) is 181 Å². The molecular formula is C48H84NO9P. The number of aliphatic carboxylic acids is 1. The van der Waals surface area contributed by atoms with Gasteiger partial charge in [-0.25, -0.2) is 4.57 Å². The molecule has 0 bridgehead atoms. The zero-order valence-corrected chi connectivity index (χ0v) is 38.0. The van der Waals surface area contributed by atoms with Crippen molar-refractivity contribution >= 4 is 19.8 Å². The van der Waals surface area contributed by atoms with Crippen molar-refractivity contribution in [3.05, 3.63) is 72.9 Å². The number of hydrogen-bond acceptors (Lipinski definition) is 8. The van der Waals surface area contributed by atoms with Crippen LogP contribution in [0.25, 0.3) is 0 Å². The molecule has 0 saturated carbocycles. The molecule has 59 heavy (non-hydrogen) atoms. The van der Waals surface area contributed by atoms with Crippen LogP contribution >= 0.6 is 7.82 Å². The molecule has 340 valence electrons. The van der Waals surface area contributed by atoms with Crippen LogP contribution in [0.2, 0.25) is 0 Å². The molecule has 0 fully saturated rings. The van der Waals surface area contributed by atoms with E-state index in [2.05, 4.69) is 86.8 Å². The van der Waals surface area contributed by atoms with Crippen molar-refractivity contribution in [2.75, 3.05) is 26.4 Å². The van der Waals surface area contributed by atoms with Crippen LogP contribution in [0.15, 0.2) is 72.9 Å². The van der Waals surface area contributed by atoms with Crippen LogP contribution in [0.4, 0.5) is 0 Å². The Balaban J connectivity index is 4.25. The van der Waals surface area contributed by atoms with Gasteiger partial charge in [0.1, 0.15) is 12.1 Å². The molecule has 10 nitrogen and oxygen atoms in total. The Morgan fingerprint density at radius 2 is 0.983 bits per heavy atom. The van der Waals surface area contributed by atoms with Crippen molar-refractivity contribution in [1.82, 2.24) is 0 Å². The fraction of sp³-hybridized carbons (Fsp3) is 0.708. The summed E-state index contributed by atoms with van der Waals surface area (Å²) >= 11 is 0. The zero-order chi connectivity index (χ0) is 43.3. The summed E-state index contributed by atoms with van der Waals surface area (Å²) in [5.74, 6) is -1.81. The summed E-state index contributed by atoms with van der Waals surface area (Å²) in [7, 11) is -4.63. The van der Waals surface area contributed by atoms with Gasteiger partial charge in [0.15, 0.2) is 0 Å². The average Bonchev–Trinajstić information content (AvgIpc) is 3.21. The summed E-state index contributed by atoms with van der Waals surface area (Å²) in [6.45, 7) is 3.70. The SMILES string of the molecule is CC/C=C\C/C=C\C/C=C\C/C=C\CCCCCCC(=O)OC(COCCCCCCCCCCCC/C=C\C/C=C\CCCCC)COP(=O)(O)OCC(N)C(=O)O. The Morgan fingerprint density at radius 1 is 0.559 bits per heavy atom. The smallest absolute Gasteiger partial charge is 0.472 e. The fourth-order valence-corrected chi connectivity index (χ4v) is 6.70. The second-order valence-corrected chi connectivity index (χ2v) is 16.6. The first kappa shape index (κ1) is 56.4. The highest BCUT2D eigenvalue weighted by Gasteiger charge is 2.27. The maximum Gasteiger partial charge on any atom is 0.472 e. The summed E-state index contributed by atoms with van der Waals surface area (Å²) < 4.78 is 33.4. The van der Waals surface area contributed by atoms with Crippen molar-refractivity contribution in [3.63, 3.8) is 0 Å². The number of esters is 1. The van der Waals surface area contributed by atoms with E-state index in [1.165, 1.54) is 77.0 Å². The van der Waals surface area contributed by atoms with Gasteiger partial charge < -0.3 is 25.2 Å². The van der Waals surface area contributed by atoms with Crippen LogP contribution in [0.3, 0.4) is 0 Å². The summed E-state index contributed by atoms with van der Waals surface area (Å²) in [5.41, 5.74) is 5.36. The van der Waals surface area contributed by atoms with E-state index in [9.17, 15) is 19.0 Å². The van der Waals surface area contributed by atoms with Crippen molar-refractivity contribution in [3.8, 4) is 0 Å². The van der Waals surface area contributed by atoms with Crippen LogP contribution in [-0.2, 0) is 32.7 Å². The number of carbonyl (C=O) groups is 2. The first-order chi connectivity index (χ1) is 28.7. The standard InChI is InChI=1S/C48H84NO9P/c1-3-5-7-9-11-13-15-17-19-21-22-23-25-27-29-31-33-35-37-39-41-55-42-45(43-56-59(53,54)57-44-46(49)48(51)52)58-47(50)40-38-36-34-32-30-28-26-24-20-18-16-14-12-10-8-6-4-2/h6,8,11-14,17-20,26,28,45-46H,3-5,7,9-10,15-16,21-25,27,29-44,49H2,1-2H3,(H,51,52)(H,53,54)/b8-6-,13-11-,14-12-,19-17-,20-18-,28-26-. The fourth-order valence-electron chi connectivity index (χ4n) is 5.92. The molecule has 0 spiro atoms. The molecule has 0 aromatic carbocycles. The van der Waals surface area contributed by atoms with E-state index in [0.717, 1.165) is 77.0 Å². The van der Waals surface area contributed by atoms with E-state index < -0.39 is 45.1 Å². The summed E-state index contributed by atoms with van der Waals surface area (Å²) in [6, 6.07) is -1.48. The topological polar surface area (TPSA) is 155 Å². The van der Waals surface area contributed by atoms with E-state index in [4.69, 9.17) is 29.4 Å². The third-order valence-electron chi connectivity index (χ3n) is 9.47. The third kappa shape index (κ3) is 43.3. The zero-order valence-electron chi connectivity index (χ0n) is 37.1. The van der Waals surface area contributed by atoms with Crippen molar-refractivity contribution in [2.24, 2.45) is 5.73 Å². The predicted octanol–water partition coefficient (Wildman–Crippen LogP) is 13.0. The Morgan fingerprint density at radius 3 is 1.47 bits per heavy atom. The van der Waals surface area contributed by atoms with Gasteiger partial charge in [0.05, 0.1) is 19.8 Å². The molecule has 0 aromatic rings. The molecule has 0 saturated heterocycles. The average molecular weight is 850 g/mol. The van der Waals surface area contributed by atoms with Gasteiger partial charge in [-0.05, 0) is 83.5 Å². The molecule has 0 amide bonds. The second-order valence-electron chi connectivity index (χ2n) is 15.1. The van der Waals surface area contributed by atoms with Gasteiger partial charge in [-0.1, -0.05) is 164 Å². The van der Waals surface area contributed by atoms with Gasteiger partial charge in [0, 0.05) is 13.0 Å². The highest BCUT2D eigenvalue weighted by Crippen LogP contribution is 2.43. The highest BCUT2D eigenvalue weighted by molar-refractivity contribution is 7.47. The first-order valence-electron chi connectivity index (χ1n) is 23.0. The molecule has 0 heterocycles. The monoisotopic (exact) mass is 850 g/mol. The summed E-state index contributed by atoms with van der Waals surface area (Å²) in [4.78, 5) is 33.6. The number of carboxylic acid groups (broad SMARTS) is 1. The Bertz CT molecular complexity index is 1210. The molecule has 0 aliphatic heterocycles. The minimum Gasteiger partial charge on any atom is -0.480 e. The number of nitrogens with two attached hydrogens (primary N) is 1. The normalized spacial score (nSPS) is 14.5. The van der Waals surface area contributed by atoms with Gasteiger partial charge in [0.25, 0.3) is 0 Å². The minimum absolute atomic E-state index is 0.00120. The number of carbonyl (C=O) groups excluding carboxylic acids is 1. The van der Waals surface area contributed by atoms with E-state index in [1.807, 2.05) is 0 Å². The van der Waals surface area contributed by atoms with Crippen LogP contribution in [0.5, 0.6) is 0 Å². The number of allylic oxidation sites excluding steroid dienone is 12. The van der Waals surface area contributed by atoms with E-state index >= 15 is 0 Å². The molecule has 0 rings (SSSR count). The largest absolute Gasteiger partial charge is 0.480 e. The molecular weight excluding hydrogens is 766 g/mol. The summed E-state index contributed by atoms with van der Waals surface area (Å²) in [6.07, 6.45) is 53.8. The van der Waals surface area contributed by atoms with Gasteiger partial charge in [0.2, 0.25) is 0 Å². The number of ether oxygens (including phenoxy) is 2. The first-order valence-corrected chi connectivity index (χ1v) is 24.5. The molecule has 0 aliphatic carbocycles. The lowest BCUT2D eigenvalue weighted by Crippen LogP contribution is -2.34. The van der Waals surface area contributed by atoms with E-state index in [-0.39, 0.29) is 13.0 Å². The van der Waals surface area contributed by atoms with E-state index in [1.54, 1.807) is 0 Å². The van der Waals surface area contributed by atoms with Crippen LogP contribution < -0.4 is 5.73 Å². The Labute approximate surface area is 359 Å². The Kier molecular flexibility index (Phi) is 41.6. The molecule has 3 unspecified atom stereocenters. The lowest BCUT2D eigenvalue weighted by atomic mass is 10.1. The van der Waals surface area contributed by atoms with Crippen LogP contribution in [0, 0.1) is 0 Å². The van der Waals surface area contributed by atoms with E-state index in [0.29, 0.717) is 13.0 Å². The third-order valence-corrected chi connectivity index (χ3v) is 10.4. The number of carboxylic acids is 1. The maximum absolute atomic E-state index is 12.6. The van der Waals surface area contributed by atoms with Crippen molar-refractivity contribution < 1.29 is 42.7 Å². The number of phosphoric acid groups is 1. The quantitative estimate of drug-likeness (QED) is 0.0234. The molecule has 4 N–H and O–H groups in total. The van der Waals surface area contributed by atoms with Crippen molar-refractivity contribution in [2.45, 2.75) is 193 Å². The molecule has 0 aromatic heterocycles. The predicted molar refractivity (Wildman–Crippen MR) is 244 cm³/mol. The molecule has 3 atom stereocenters. The van der Waals surface area contributed by atoms with Gasteiger partial charge in [-0.15, -0.1) is 0 Å². The minimum atomic E-state index is -4.63. The maximum atomic E-state index is 12.6. The molecule has 0 aliphatic rings. The van der Waals surface area contributed by atoms with Crippen LogP contribution in [-0.4, -0.2) is 60.5 Å². The number of unbranched alkanes of at least 4 members (excludes halogenated alkanes) is 17. The molecule has 0 radical (unpaired) electrons. The van der Waals surface area contributed by atoms with Gasteiger partial charge in [-0.2, -0.15) is 0 Å². The van der Waals surface area contributed by atoms with Crippen molar-refractivity contribution in [1.29, 1.82) is 0 Å². The van der Waals surface area contributed by atoms with Gasteiger partial charge in [-0.3, -0.25) is 18.6 Å². The number of hydrogen-bond donors (Lipinski definition) is 3. The lowest BCUT2D eigenvalue weighted by Gasteiger charge is -2.20. The highest BCUT2D eigenvalue weighted by atomic mass is 31.2. The second kappa shape index (κ2) is 43.5. The van der Waals surface area contributed by atoms with Gasteiger partial charge >= 0.3 is 19.8 Å². The number of rotatable bonds is 43. The molecule has 11 heteroatoms. The Hall–Kier alpha value is -2.59. The summed E-state index contributed by atoms with van der Waals surface area (Å²) in [5, 5.41) is 8.91.